The number of rotatable bonds is 3. The molecule has 0 atom stereocenters. The zero-order valence-electron chi connectivity index (χ0n) is 14.9. The molecule has 128 valence electrons. The Labute approximate surface area is 149 Å². The molecule has 9 nitrogen and oxygen atoms in total. The number of hydrogen-bond donors (Lipinski definition) is 2. The molecule has 3 aromatic heterocycles. The molecule has 9 heteroatoms. The SMILES string of the molecule is [2H]c1cnc2c(=NC3CC3)nc(Nc3ccc4c(c3)c(C#N)nn4C)[nH]n12. The van der Waals surface area contributed by atoms with Crippen molar-refractivity contribution in [1.82, 2.24) is 29.4 Å². The summed E-state index contributed by atoms with van der Waals surface area (Å²) >= 11 is 0. The smallest absolute Gasteiger partial charge is 0.222 e. The minimum absolute atomic E-state index is 0.220. The van der Waals surface area contributed by atoms with Crippen LogP contribution in [-0.2, 0) is 7.05 Å². The summed E-state index contributed by atoms with van der Waals surface area (Å²) in [4.78, 5) is 13.4. The highest BCUT2D eigenvalue weighted by molar-refractivity contribution is 5.87. The van der Waals surface area contributed by atoms with Crippen molar-refractivity contribution in [3.8, 4) is 6.07 Å². The van der Waals surface area contributed by atoms with Crippen LogP contribution in [0.25, 0.3) is 16.6 Å². The Morgan fingerprint density at radius 3 is 3.15 bits per heavy atom. The highest BCUT2D eigenvalue weighted by Gasteiger charge is 2.20. The van der Waals surface area contributed by atoms with Gasteiger partial charge in [0.1, 0.15) is 6.07 Å². The molecule has 0 amide bonds. The first-order chi connectivity index (χ1) is 13.1. The molecule has 0 bridgehead atoms. The number of H-pyrrole nitrogens is 1. The number of aryl methyl sites for hydroxylation is 1. The average Bonchev–Trinajstić information content (AvgIpc) is 3.32. The van der Waals surface area contributed by atoms with Gasteiger partial charge in [0, 0.05) is 30.5 Å². The Kier molecular flexibility index (Phi) is 2.84. The predicted molar refractivity (Wildman–Crippen MR) is 94.6 cm³/mol. The Morgan fingerprint density at radius 1 is 1.46 bits per heavy atom. The lowest BCUT2D eigenvalue weighted by Crippen LogP contribution is -2.18. The number of hydrogen-bond acceptors (Lipinski definition) is 6. The molecular weight excluding hydrogens is 330 g/mol. The van der Waals surface area contributed by atoms with E-state index in [1.54, 1.807) is 16.2 Å². The summed E-state index contributed by atoms with van der Waals surface area (Å²) < 4.78 is 11.2. The van der Waals surface area contributed by atoms with Crippen molar-refractivity contribution >= 4 is 28.2 Å². The summed E-state index contributed by atoms with van der Waals surface area (Å²) in [6.45, 7) is 0. The molecule has 0 saturated heterocycles. The highest BCUT2D eigenvalue weighted by Crippen LogP contribution is 2.24. The normalized spacial score (nSPS) is 15.4. The Bertz CT molecular complexity index is 1300. The maximum absolute atomic E-state index is 9.27. The number of nitriles is 1. The topological polar surface area (TPSA) is 112 Å². The standard InChI is InChI=1S/C17H15N9/c1-25-14-5-4-11(8-12(14)13(9-18)23-25)21-17-22-15(20-10-2-3-10)16-19-6-7-26(16)24-17/h4-8,10H,2-3H2,1H3,(H2,20,21,22,24)/i7D. The van der Waals surface area contributed by atoms with Gasteiger partial charge in [-0.3, -0.25) is 14.8 Å². The van der Waals surface area contributed by atoms with E-state index < -0.39 is 0 Å². The van der Waals surface area contributed by atoms with Crippen molar-refractivity contribution in [3.05, 3.63) is 41.8 Å². The van der Waals surface area contributed by atoms with Gasteiger partial charge in [0.25, 0.3) is 0 Å². The molecule has 1 aliphatic rings. The van der Waals surface area contributed by atoms with Gasteiger partial charge >= 0.3 is 0 Å². The van der Waals surface area contributed by atoms with E-state index >= 15 is 0 Å². The number of nitrogens with one attached hydrogen (secondary N) is 2. The second-order valence-electron chi connectivity index (χ2n) is 6.24. The van der Waals surface area contributed by atoms with Gasteiger partial charge in [-0.15, -0.1) is 0 Å². The summed E-state index contributed by atoms with van der Waals surface area (Å²) in [6.07, 6.45) is 3.79. The van der Waals surface area contributed by atoms with Crippen LogP contribution in [0.1, 0.15) is 19.9 Å². The van der Waals surface area contributed by atoms with Crippen LogP contribution in [0.3, 0.4) is 0 Å². The summed E-state index contributed by atoms with van der Waals surface area (Å²) in [5.41, 5.74) is 3.04. The molecule has 2 N–H and O–H groups in total. The minimum Gasteiger partial charge on any atom is -0.325 e. The van der Waals surface area contributed by atoms with E-state index in [2.05, 4.69) is 36.5 Å². The first kappa shape index (κ1) is 13.6. The van der Waals surface area contributed by atoms with Crippen LogP contribution in [0.15, 0.2) is 35.6 Å². The van der Waals surface area contributed by atoms with Gasteiger partial charge in [0.15, 0.2) is 16.8 Å². The van der Waals surface area contributed by atoms with E-state index in [0.29, 0.717) is 22.8 Å². The van der Waals surface area contributed by atoms with E-state index in [-0.39, 0.29) is 12.2 Å². The number of fused-ring (bicyclic) bond motifs is 2. The summed E-state index contributed by atoms with van der Waals surface area (Å²) in [6, 6.07) is 8.03. The van der Waals surface area contributed by atoms with Gasteiger partial charge in [-0.05, 0) is 31.0 Å². The fraction of sp³-hybridized carbons (Fsp3) is 0.235. The molecule has 5 rings (SSSR count). The molecule has 0 aliphatic heterocycles. The van der Waals surface area contributed by atoms with Gasteiger partial charge in [0.05, 0.1) is 12.9 Å². The Hall–Kier alpha value is -3.67. The first-order valence-corrected chi connectivity index (χ1v) is 8.24. The number of aromatic amines is 1. The van der Waals surface area contributed by atoms with Crippen molar-refractivity contribution < 1.29 is 1.37 Å². The second kappa shape index (κ2) is 5.42. The largest absolute Gasteiger partial charge is 0.325 e. The average molecular weight is 346 g/mol. The lowest BCUT2D eigenvalue weighted by atomic mass is 10.2. The van der Waals surface area contributed by atoms with Gasteiger partial charge in [0.2, 0.25) is 5.95 Å². The van der Waals surface area contributed by atoms with Crippen molar-refractivity contribution in [2.24, 2.45) is 12.0 Å². The van der Waals surface area contributed by atoms with Gasteiger partial charge < -0.3 is 5.32 Å². The van der Waals surface area contributed by atoms with Crippen molar-refractivity contribution in [2.75, 3.05) is 5.32 Å². The molecule has 0 unspecified atom stereocenters. The van der Waals surface area contributed by atoms with Crippen molar-refractivity contribution in [1.29, 1.82) is 5.26 Å². The third-order valence-electron chi connectivity index (χ3n) is 4.29. The maximum atomic E-state index is 9.27. The molecule has 26 heavy (non-hydrogen) atoms. The van der Waals surface area contributed by atoms with E-state index in [9.17, 15) is 5.26 Å². The zero-order valence-corrected chi connectivity index (χ0v) is 13.9. The zero-order chi connectivity index (χ0) is 18.5. The van der Waals surface area contributed by atoms with Crippen LogP contribution < -0.4 is 10.8 Å². The highest BCUT2D eigenvalue weighted by atomic mass is 15.3. The van der Waals surface area contributed by atoms with Gasteiger partial charge in [-0.25, -0.2) is 9.50 Å². The minimum atomic E-state index is 0.220. The number of nitrogens with zero attached hydrogens (tertiary/aromatic N) is 7. The summed E-state index contributed by atoms with van der Waals surface area (Å²) in [5.74, 6) is 0.440. The molecule has 3 heterocycles. The molecule has 4 aromatic rings. The summed E-state index contributed by atoms with van der Waals surface area (Å²) in [5, 5.41) is 20.5. The molecular formula is C17H15N9. The third-order valence-corrected chi connectivity index (χ3v) is 4.29. The van der Waals surface area contributed by atoms with Crippen LogP contribution in [0.4, 0.5) is 11.6 Å². The van der Waals surface area contributed by atoms with E-state index in [1.165, 1.54) is 6.20 Å². The first-order valence-electron chi connectivity index (χ1n) is 8.74. The number of aromatic nitrogens is 6. The fourth-order valence-corrected chi connectivity index (χ4v) is 2.88. The second-order valence-corrected chi connectivity index (χ2v) is 6.24. The number of imidazole rings is 1. The van der Waals surface area contributed by atoms with Crippen LogP contribution in [0, 0.1) is 11.3 Å². The number of anilines is 2. The van der Waals surface area contributed by atoms with Crippen molar-refractivity contribution in [2.45, 2.75) is 18.9 Å². The molecule has 1 saturated carbocycles. The van der Waals surface area contributed by atoms with Crippen LogP contribution in [0.2, 0.25) is 0 Å². The van der Waals surface area contributed by atoms with E-state index in [1.807, 2.05) is 18.2 Å². The van der Waals surface area contributed by atoms with E-state index in [0.717, 1.165) is 29.4 Å². The summed E-state index contributed by atoms with van der Waals surface area (Å²) in [7, 11) is 1.81. The van der Waals surface area contributed by atoms with Crippen LogP contribution >= 0.6 is 0 Å². The fourth-order valence-electron chi connectivity index (χ4n) is 2.88. The van der Waals surface area contributed by atoms with Gasteiger partial charge in [-0.2, -0.15) is 15.3 Å². The molecule has 0 spiro atoms. The van der Waals surface area contributed by atoms with Crippen LogP contribution in [-0.4, -0.2) is 35.4 Å². The lowest BCUT2D eigenvalue weighted by molar-refractivity contribution is 0.791. The molecule has 1 aliphatic carbocycles. The third kappa shape index (κ3) is 2.39. The molecule has 1 aromatic carbocycles. The van der Waals surface area contributed by atoms with Crippen LogP contribution in [0.5, 0.6) is 0 Å². The number of benzene rings is 1. The Balaban J connectivity index is 1.61. The molecule has 0 radical (unpaired) electrons. The Morgan fingerprint density at radius 2 is 2.35 bits per heavy atom. The predicted octanol–water partition coefficient (Wildman–Crippen LogP) is 1.62. The lowest BCUT2D eigenvalue weighted by Gasteiger charge is -2.07. The van der Waals surface area contributed by atoms with Gasteiger partial charge in [-0.1, -0.05) is 0 Å². The van der Waals surface area contributed by atoms with Crippen molar-refractivity contribution in [3.63, 3.8) is 0 Å². The quantitative estimate of drug-likeness (QED) is 0.585. The molecule has 1 fully saturated rings. The van der Waals surface area contributed by atoms with E-state index in [4.69, 9.17) is 1.37 Å². The monoisotopic (exact) mass is 346 g/mol. The maximum Gasteiger partial charge on any atom is 0.222 e.